The highest BCUT2D eigenvalue weighted by Crippen LogP contribution is 2.26. The molecule has 1 aromatic heterocycles. The Morgan fingerprint density at radius 2 is 2.00 bits per heavy atom. The molecule has 0 unspecified atom stereocenters. The number of rotatable bonds is 2. The molecule has 0 aliphatic rings. The van der Waals surface area contributed by atoms with E-state index in [1.807, 2.05) is 12.1 Å². The number of benzene rings is 1. The molecule has 3 nitrogen and oxygen atoms in total. The van der Waals surface area contributed by atoms with Crippen molar-refractivity contribution in [3.63, 3.8) is 0 Å². The smallest absolute Gasteiger partial charge is 0.226 e. The van der Waals surface area contributed by atoms with E-state index in [4.69, 9.17) is 4.84 Å². The van der Waals surface area contributed by atoms with Gasteiger partial charge in [0.2, 0.25) is 5.88 Å². The molecule has 15 heavy (non-hydrogen) atoms. The van der Waals surface area contributed by atoms with E-state index < -0.39 is 0 Å². The molecule has 1 N–H and O–H groups in total. The van der Waals surface area contributed by atoms with Gasteiger partial charge in [0.05, 0.1) is 5.52 Å². The summed E-state index contributed by atoms with van der Waals surface area (Å²) in [6.07, 6.45) is 0. The molecular weight excluding hydrogens is 190 g/mol. The minimum atomic E-state index is 0.133. The molecular formula is C12H15NO2. The monoisotopic (exact) mass is 205 g/mol. The molecule has 0 spiro atoms. The van der Waals surface area contributed by atoms with Crippen LogP contribution in [0.15, 0.2) is 24.3 Å². The van der Waals surface area contributed by atoms with E-state index in [2.05, 4.69) is 19.9 Å². The van der Waals surface area contributed by atoms with Gasteiger partial charge >= 0.3 is 0 Å². The van der Waals surface area contributed by atoms with Gasteiger partial charge in [-0.15, -0.1) is 4.73 Å². The zero-order valence-electron chi connectivity index (χ0n) is 9.19. The van der Waals surface area contributed by atoms with Gasteiger partial charge in [-0.05, 0) is 17.5 Å². The normalized spacial score (nSPS) is 11.2. The fraction of sp³-hybridized carbons (Fsp3) is 0.333. The lowest BCUT2D eigenvalue weighted by molar-refractivity contribution is 0.152. The van der Waals surface area contributed by atoms with Crippen LogP contribution in [-0.4, -0.2) is 16.9 Å². The summed E-state index contributed by atoms with van der Waals surface area (Å²) in [6.45, 7) is 4.28. The van der Waals surface area contributed by atoms with Crippen LogP contribution in [0.25, 0.3) is 10.9 Å². The second-order valence-corrected chi connectivity index (χ2v) is 3.95. The van der Waals surface area contributed by atoms with E-state index in [1.165, 1.54) is 10.3 Å². The fourth-order valence-electron chi connectivity index (χ4n) is 1.73. The molecule has 0 radical (unpaired) electrons. The van der Waals surface area contributed by atoms with Crippen LogP contribution in [0.2, 0.25) is 0 Å². The summed E-state index contributed by atoms with van der Waals surface area (Å²) >= 11 is 0. The summed E-state index contributed by atoms with van der Waals surface area (Å²) < 4.78 is 1.43. The minimum absolute atomic E-state index is 0.133. The third kappa shape index (κ3) is 1.54. The summed E-state index contributed by atoms with van der Waals surface area (Å²) in [5, 5.41) is 10.6. The van der Waals surface area contributed by atoms with Gasteiger partial charge in [-0.3, -0.25) is 0 Å². The molecule has 1 aromatic carbocycles. The standard InChI is InChI=1S/C12H15NO2/c1-8(2)9-4-5-10-7-12(14)13(15-3)11(10)6-9/h4-8,14H,1-3H3. The quantitative estimate of drug-likeness (QED) is 0.817. The van der Waals surface area contributed by atoms with Crippen LogP contribution in [0.4, 0.5) is 0 Å². The zero-order valence-corrected chi connectivity index (χ0v) is 9.19. The van der Waals surface area contributed by atoms with Crippen LogP contribution in [0.5, 0.6) is 5.88 Å². The Hall–Kier alpha value is -1.64. The molecule has 0 saturated carbocycles. The topological polar surface area (TPSA) is 34.4 Å². The zero-order chi connectivity index (χ0) is 11.0. The second kappa shape index (κ2) is 3.50. The third-order valence-electron chi connectivity index (χ3n) is 2.62. The lowest BCUT2D eigenvalue weighted by Crippen LogP contribution is -2.04. The number of aromatic hydroxyl groups is 1. The van der Waals surface area contributed by atoms with Gasteiger partial charge in [0, 0.05) is 11.5 Å². The van der Waals surface area contributed by atoms with Gasteiger partial charge in [-0.2, -0.15) is 0 Å². The largest absolute Gasteiger partial charge is 0.492 e. The summed E-state index contributed by atoms with van der Waals surface area (Å²) in [5.41, 5.74) is 2.14. The number of fused-ring (bicyclic) bond motifs is 1. The van der Waals surface area contributed by atoms with Crippen LogP contribution in [0.1, 0.15) is 25.3 Å². The van der Waals surface area contributed by atoms with Crippen molar-refractivity contribution in [1.29, 1.82) is 0 Å². The molecule has 0 aliphatic carbocycles. The maximum absolute atomic E-state index is 9.60. The Balaban J connectivity index is 2.68. The molecule has 1 heterocycles. The highest BCUT2D eigenvalue weighted by Gasteiger charge is 2.09. The van der Waals surface area contributed by atoms with Crippen molar-refractivity contribution < 1.29 is 9.94 Å². The van der Waals surface area contributed by atoms with Gasteiger partial charge in [0.25, 0.3) is 0 Å². The van der Waals surface area contributed by atoms with Crippen LogP contribution in [0, 0.1) is 0 Å². The van der Waals surface area contributed by atoms with Crippen molar-refractivity contribution in [3.05, 3.63) is 29.8 Å². The van der Waals surface area contributed by atoms with Crippen LogP contribution < -0.4 is 4.84 Å². The number of hydrogen-bond donors (Lipinski definition) is 1. The van der Waals surface area contributed by atoms with E-state index >= 15 is 0 Å². The predicted molar refractivity (Wildman–Crippen MR) is 60.2 cm³/mol. The van der Waals surface area contributed by atoms with Crippen molar-refractivity contribution >= 4 is 10.9 Å². The summed E-state index contributed by atoms with van der Waals surface area (Å²) in [6, 6.07) is 7.82. The first-order valence-electron chi connectivity index (χ1n) is 5.02. The van der Waals surface area contributed by atoms with Crippen molar-refractivity contribution in [1.82, 2.24) is 4.73 Å². The van der Waals surface area contributed by atoms with E-state index in [0.29, 0.717) is 5.92 Å². The molecule has 2 aromatic rings. The molecule has 2 rings (SSSR count). The number of hydrogen-bond acceptors (Lipinski definition) is 2. The lowest BCUT2D eigenvalue weighted by Gasteiger charge is -2.07. The highest BCUT2D eigenvalue weighted by atomic mass is 16.7. The highest BCUT2D eigenvalue weighted by molar-refractivity contribution is 5.82. The van der Waals surface area contributed by atoms with Crippen LogP contribution >= 0.6 is 0 Å². The first-order valence-corrected chi connectivity index (χ1v) is 5.02. The van der Waals surface area contributed by atoms with Gasteiger partial charge < -0.3 is 9.94 Å². The first kappa shape index (κ1) is 9.90. The molecule has 0 bridgehead atoms. The van der Waals surface area contributed by atoms with Gasteiger partial charge in [-0.1, -0.05) is 26.0 Å². The first-order chi connectivity index (χ1) is 7.13. The Morgan fingerprint density at radius 1 is 1.27 bits per heavy atom. The Kier molecular flexibility index (Phi) is 2.31. The molecule has 0 amide bonds. The van der Waals surface area contributed by atoms with Crippen LogP contribution in [0.3, 0.4) is 0 Å². The molecule has 3 heteroatoms. The van der Waals surface area contributed by atoms with Gasteiger partial charge in [0.15, 0.2) is 0 Å². The predicted octanol–water partition coefficient (Wildman–Crippen LogP) is 2.53. The second-order valence-electron chi connectivity index (χ2n) is 3.95. The Labute approximate surface area is 88.9 Å². The van der Waals surface area contributed by atoms with E-state index in [1.54, 1.807) is 13.2 Å². The van der Waals surface area contributed by atoms with E-state index in [-0.39, 0.29) is 5.88 Å². The maximum atomic E-state index is 9.60. The minimum Gasteiger partial charge on any atom is -0.492 e. The molecule has 0 fully saturated rings. The number of nitrogens with zero attached hydrogens (tertiary/aromatic N) is 1. The average molecular weight is 205 g/mol. The lowest BCUT2D eigenvalue weighted by atomic mass is 10.0. The van der Waals surface area contributed by atoms with E-state index in [9.17, 15) is 5.11 Å². The van der Waals surface area contributed by atoms with E-state index in [0.717, 1.165) is 10.9 Å². The van der Waals surface area contributed by atoms with Crippen molar-refractivity contribution in [2.75, 3.05) is 7.11 Å². The van der Waals surface area contributed by atoms with Crippen molar-refractivity contribution in [2.24, 2.45) is 0 Å². The average Bonchev–Trinajstić information content (AvgIpc) is 2.51. The summed E-state index contributed by atoms with van der Waals surface area (Å²) in [4.78, 5) is 5.10. The van der Waals surface area contributed by atoms with Gasteiger partial charge in [0.1, 0.15) is 7.11 Å². The molecule has 0 atom stereocenters. The SMILES string of the molecule is COn1c(O)cc2ccc(C(C)C)cc21. The molecule has 80 valence electrons. The van der Waals surface area contributed by atoms with Gasteiger partial charge in [-0.25, -0.2) is 0 Å². The Bertz CT molecular complexity index is 486. The molecule has 0 aliphatic heterocycles. The fourth-order valence-corrected chi connectivity index (χ4v) is 1.73. The Morgan fingerprint density at radius 3 is 2.60 bits per heavy atom. The van der Waals surface area contributed by atoms with Crippen molar-refractivity contribution in [2.45, 2.75) is 19.8 Å². The van der Waals surface area contributed by atoms with Crippen LogP contribution in [-0.2, 0) is 0 Å². The summed E-state index contributed by atoms with van der Waals surface area (Å²) in [7, 11) is 1.54. The number of aromatic nitrogens is 1. The third-order valence-corrected chi connectivity index (χ3v) is 2.62. The summed E-state index contributed by atoms with van der Waals surface area (Å²) in [5.74, 6) is 0.602. The van der Waals surface area contributed by atoms with Crippen molar-refractivity contribution in [3.8, 4) is 5.88 Å². The molecule has 0 saturated heterocycles. The maximum Gasteiger partial charge on any atom is 0.226 e.